The molecule has 1 heterocycles. The molecule has 0 radical (unpaired) electrons. The molecule has 5 heteroatoms. The number of ether oxygens (including phenoxy) is 1. The summed E-state index contributed by atoms with van der Waals surface area (Å²) in [4.78, 5) is 0. The van der Waals surface area contributed by atoms with Crippen molar-refractivity contribution < 1.29 is 22.3 Å². The first-order chi connectivity index (χ1) is 15.8. The third kappa shape index (κ3) is 7.18. The summed E-state index contributed by atoms with van der Waals surface area (Å²) in [5.74, 6) is -4.30. The standard InChI is InChI=1S/C28H38F4O/c1-3-5-7-22-13-14-23(27(30)26(22)29)12-8-21-11-17-25(33-19-21)16-10-20-9-15-24(6-4-2)28(31,32)18-20/h3,10,13-14,16,20-21,24-25H,1,4-9,11-12,15,17-19H2,2H3/b16-10+. The lowest BCUT2D eigenvalue weighted by atomic mass is 9.77. The number of hydrogen-bond acceptors (Lipinski definition) is 1. The van der Waals surface area contributed by atoms with Gasteiger partial charge in [-0.3, -0.25) is 0 Å². The fourth-order valence-electron chi connectivity index (χ4n) is 5.23. The van der Waals surface area contributed by atoms with Crippen molar-refractivity contribution >= 4 is 0 Å². The van der Waals surface area contributed by atoms with Crippen LogP contribution in [0.5, 0.6) is 0 Å². The molecule has 33 heavy (non-hydrogen) atoms. The van der Waals surface area contributed by atoms with Gasteiger partial charge in [-0.15, -0.1) is 6.58 Å². The normalized spacial score (nSPS) is 27.7. The minimum Gasteiger partial charge on any atom is -0.374 e. The molecule has 1 nitrogen and oxygen atoms in total. The van der Waals surface area contributed by atoms with Crippen LogP contribution in [-0.2, 0) is 17.6 Å². The van der Waals surface area contributed by atoms with E-state index in [0.29, 0.717) is 55.8 Å². The van der Waals surface area contributed by atoms with Crippen molar-refractivity contribution in [2.45, 2.75) is 89.6 Å². The molecule has 1 saturated carbocycles. The molecule has 4 unspecified atom stereocenters. The third-order valence-electron chi connectivity index (χ3n) is 7.34. The van der Waals surface area contributed by atoms with Crippen LogP contribution in [0.25, 0.3) is 0 Å². The van der Waals surface area contributed by atoms with Crippen molar-refractivity contribution in [1.29, 1.82) is 0 Å². The molecular weight excluding hydrogens is 428 g/mol. The van der Waals surface area contributed by atoms with Crippen molar-refractivity contribution in [2.75, 3.05) is 6.61 Å². The number of allylic oxidation sites excluding steroid dienone is 2. The van der Waals surface area contributed by atoms with Gasteiger partial charge in [-0.1, -0.05) is 43.7 Å². The molecule has 1 saturated heterocycles. The predicted octanol–water partition coefficient (Wildman–Crippen LogP) is 8.22. The van der Waals surface area contributed by atoms with E-state index in [-0.39, 0.29) is 18.4 Å². The van der Waals surface area contributed by atoms with E-state index in [4.69, 9.17) is 4.74 Å². The maximum Gasteiger partial charge on any atom is 0.251 e. The lowest BCUT2D eigenvalue weighted by Gasteiger charge is -2.35. The lowest BCUT2D eigenvalue weighted by molar-refractivity contribution is -0.0987. The Bertz CT molecular complexity index is 795. The molecule has 1 aliphatic heterocycles. The summed E-state index contributed by atoms with van der Waals surface area (Å²) in [6.45, 7) is 6.15. The largest absolute Gasteiger partial charge is 0.374 e. The number of benzene rings is 1. The summed E-state index contributed by atoms with van der Waals surface area (Å²) in [6.07, 6.45) is 12.4. The van der Waals surface area contributed by atoms with Gasteiger partial charge in [0.25, 0.3) is 5.92 Å². The van der Waals surface area contributed by atoms with Crippen LogP contribution in [0.15, 0.2) is 36.9 Å². The molecule has 0 spiro atoms. The van der Waals surface area contributed by atoms with Crippen LogP contribution in [-0.4, -0.2) is 18.6 Å². The number of alkyl halides is 2. The Morgan fingerprint density at radius 3 is 2.33 bits per heavy atom. The van der Waals surface area contributed by atoms with Gasteiger partial charge >= 0.3 is 0 Å². The minimum atomic E-state index is -2.57. The Balaban J connectivity index is 1.42. The lowest BCUT2D eigenvalue weighted by Crippen LogP contribution is -2.35. The highest BCUT2D eigenvalue weighted by Gasteiger charge is 2.43. The average Bonchev–Trinajstić information content (AvgIpc) is 2.80. The van der Waals surface area contributed by atoms with Crippen LogP contribution < -0.4 is 0 Å². The molecule has 1 aromatic carbocycles. The smallest absolute Gasteiger partial charge is 0.251 e. The van der Waals surface area contributed by atoms with Crippen molar-refractivity contribution in [3.8, 4) is 0 Å². The Kier molecular flexibility index (Phi) is 9.60. The molecule has 4 atom stereocenters. The first-order valence-electron chi connectivity index (χ1n) is 12.6. The molecule has 2 fully saturated rings. The molecule has 0 aromatic heterocycles. The molecule has 3 rings (SSSR count). The minimum absolute atomic E-state index is 0.0402. The molecule has 0 N–H and O–H groups in total. The number of rotatable bonds is 10. The Morgan fingerprint density at radius 1 is 1.00 bits per heavy atom. The van der Waals surface area contributed by atoms with Crippen LogP contribution >= 0.6 is 0 Å². The van der Waals surface area contributed by atoms with E-state index in [0.717, 1.165) is 32.1 Å². The van der Waals surface area contributed by atoms with E-state index in [2.05, 4.69) is 6.58 Å². The third-order valence-corrected chi connectivity index (χ3v) is 7.34. The van der Waals surface area contributed by atoms with E-state index in [1.165, 1.54) is 0 Å². The molecule has 2 aliphatic rings. The second-order valence-corrected chi connectivity index (χ2v) is 9.87. The maximum absolute atomic E-state index is 14.4. The van der Waals surface area contributed by atoms with E-state index in [1.807, 2.05) is 19.1 Å². The highest BCUT2D eigenvalue weighted by molar-refractivity contribution is 5.27. The van der Waals surface area contributed by atoms with E-state index < -0.39 is 23.5 Å². The van der Waals surface area contributed by atoms with Crippen molar-refractivity contribution in [1.82, 2.24) is 0 Å². The summed E-state index contributed by atoms with van der Waals surface area (Å²) in [5.41, 5.74) is 0.805. The maximum atomic E-state index is 14.4. The zero-order chi connectivity index (χ0) is 23.8. The predicted molar refractivity (Wildman–Crippen MR) is 125 cm³/mol. The summed E-state index contributed by atoms with van der Waals surface area (Å²) >= 11 is 0. The fourth-order valence-corrected chi connectivity index (χ4v) is 5.23. The van der Waals surface area contributed by atoms with E-state index in [9.17, 15) is 17.6 Å². The van der Waals surface area contributed by atoms with Gasteiger partial charge in [0, 0.05) is 12.3 Å². The van der Waals surface area contributed by atoms with Gasteiger partial charge in [0.1, 0.15) is 0 Å². The molecule has 1 aliphatic carbocycles. The summed E-state index contributed by atoms with van der Waals surface area (Å²) in [7, 11) is 0. The molecule has 0 amide bonds. The Labute approximate surface area is 196 Å². The van der Waals surface area contributed by atoms with Gasteiger partial charge < -0.3 is 4.74 Å². The van der Waals surface area contributed by atoms with E-state index in [1.54, 1.807) is 18.2 Å². The van der Waals surface area contributed by atoms with Crippen molar-refractivity contribution in [2.24, 2.45) is 17.8 Å². The van der Waals surface area contributed by atoms with Crippen molar-refractivity contribution in [3.63, 3.8) is 0 Å². The second kappa shape index (κ2) is 12.2. The van der Waals surface area contributed by atoms with Gasteiger partial charge in [-0.05, 0) is 80.8 Å². The summed E-state index contributed by atoms with van der Waals surface area (Å²) < 4.78 is 63.3. The average molecular weight is 467 g/mol. The molecule has 0 bridgehead atoms. The van der Waals surface area contributed by atoms with Crippen LogP contribution in [0.2, 0.25) is 0 Å². The van der Waals surface area contributed by atoms with Gasteiger partial charge in [0.15, 0.2) is 11.6 Å². The zero-order valence-corrected chi connectivity index (χ0v) is 19.8. The zero-order valence-electron chi connectivity index (χ0n) is 19.8. The highest BCUT2D eigenvalue weighted by Crippen LogP contribution is 2.44. The van der Waals surface area contributed by atoms with Gasteiger partial charge in [0.05, 0.1) is 12.7 Å². The van der Waals surface area contributed by atoms with Gasteiger partial charge in [0.2, 0.25) is 0 Å². The number of halogens is 4. The van der Waals surface area contributed by atoms with Gasteiger partial charge in [-0.2, -0.15) is 0 Å². The van der Waals surface area contributed by atoms with E-state index >= 15 is 0 Å². The van der Waals surface area contributed by atoms with Crippen LogP contribution in [0.1, 0.15) is 75.8 Å². The summed E-state index contributed by atoms with van der Waals surface area (Å²) in [5, 5.41) is 0. The quantitative estimate of drug-likeness (QED) is 0.249. The number of hydrogen-bond donors (Lipinski definition) is 0. The highest BCUT2D eigenvalue weighted by atomic mass is 19.3. The molecule has 184 valence electrons. The monoisotopic (exact) mass is 466 g/mol. The SMILES string of the molecule is C=CCCc1ccc(CCC2CCC(/C=C/C3CCC(CCC)C(F)(F)C3)OC2)c(F)c1F. The summed E-state index contributed by atoms with van der Waals surface area (Å²) in [6, 6.07) is 3.37. The fraction of sp³-hybridized carbons (Fsp3) is 0.643. The van der Waals surface area contributed by atoms with Gasteiger partial charge in [-0.25, -0.2) is 17.6 Å². The Hall–Kier alpha value is -1.62. The van der Waals surface area contributed by atoms with Crippen molar-refractivity contribution in [3.05, 3.63) is 59.7 Å². The first kappa shape index (κ1) is 26.0. The Morgan fingerprint density at radius 2 is 1.73 bits per heavy atom. The van der Waals surface area contributed by atoms with Crippen LogP contribution in [0.4, 0.5) is 17.6 Å². The van der Waals surface area contributed by atoms with Crippen LogP contribution in [0.3, 0.4) is 0 Å². The first-order valence-corrected chi connectivity index (χ1v) is 12.6. The second-order valence-electron chi connectivity index (χ2n) is 9.87. The topological polar surface area (TPSA) is 9.23 Å². The van der Waals surface area contributed by atoms with Crippen LogP contribution in [0, 0.1) is 29.4 Å². The molecular formula is C28H38F4O. The molecule has 1 aromatic rings. The number of aryl methyl sites for hydroxylation is 2.